The lowest BCUT2D eigenvalue weighted by molar-refractivity contribution is -0.144. The van der Waals surface area contributed by atoms with Gasteiger partial charge in [-0.15, -0.1) is 0 Å². The molecule has 0 aliphatic carbocycles. The van der Waals surface area contributed by atoms with Gasteiger partial charge in [0.1, 0.15) is 5.75 Å². The predicted octanol–water partition coefficient (Wildman–Crippen LogP) is 2.86. The van der Waals surface area contributed by atoms with Crippen LogP contribution in [-0.4, -0.2) is 77.2 Å². The average Bonchev–Trinajstić information content (AvgIpc) is 3.36. The fraction of sp³-hybridized carbons (Fsp3) is 0.542. The van der Waals surface area contributed by atoms with Crippen LogP contribution in [0.2, 0.25) is 5.02 Å². The van der Waals surface area contributed by atoms with Crippen molar-refractivity contribution in [2.24, 2.45) is 5.41 Å². The van der Waals surface area contributed by atoms with Gasteiger partial charge in [-0.2, -0.15) is 0 Å². The molecule has 178 valence electrons. The van der Waals surface area contributed by atoms with Crippen LogP contribution in [0.4, 0.5) is 0 Å². The van der Waals surface area contributed by atoms with Gasteiger partial charge in [0.15, 0.2) is 0 Å². The zero-order chi connectivity index (χ0) is 23.1. The molecule has 0 radical (unpaired) electrons. The lowest BCUT2D eigenvalue weighted by atomic mass is 9.77. The molecule has 0 N–H and O–H groups in total. The molecule has 9 heteroatoms. The monoisotopic (exact) mass is 474 g/mol. The summed E-state index contributed by atoms with van der Waals surface area (Å²) in [6.45, 7) is 4.51. The standard InChI is InChI=1S/C24H31ClN4O4/c25-20-3-1-4-21(15-20)33-18-24(16-23(31)28-11-13-32-14-12-28)6-2-8-29(17-24)22(30)5-9-27-10-7-26-19-27/h1,3-4,7,10,15,19H,2,5-6,8-9,11-14,16-18H2/t24-/m0/s1. The normalized spacial score (nSPS) is 21.1. The topological polar surface area (TPSA) is 76.9 Å². The number of morpholine rings is 1. The Kier molecular flexibility index (Phi) is 7.88. The zero-order valence-electron chi connectivity index (χ0n) is 18.8. The maximum Gasteiger partial charge on any atom is 0.224 e. The molecule has 2 fully saturated rings. The van der Waals surface area contributed by atoms with Gasteiger partial charge >= 0.3 is 0 Å². The van der Waals surface area contributed by atoms with Gasteiger partial charge in [0.2, 0.25) is 11.8 Å². The highest BCUT2D eigenvalue weighted by molar-refractivity contribution is 6.30. The van der Waals surface area contributed by atoms with E-state index in [9.17, 15) is 9.59 Å². The van der Waals surface area contributed by atoms with Crippen molar-refractivity contribution >= 4 is 23.4 Å². The smallest absolute Gasteiger partial charge is 0.224 e. The summed E-state index contributed by atoms with van der Waals surface area (Å²) in [6.07, 6.45) is 7.70. The Morgan fingerprint density at radius 3 is 2.76 bits per heavy atom. The first-order chi connectivity index (χ1) is 16.0. The second-order valence-electron chi connectivity index (χ2n) is 8.89. The lowest BCUT2D eigenvalue weighted by Gasteiger charge is -2.43. The Bertz CT molecular complexity index is 932. The lowest BCUT2D eigenvalue weighted by Crippen LogP contribution is -2.52. The number of rotatable bonds is 8. The second kappa shape index (κ2) is 11.0. The molecule has 2 aromatic rings. The Morgan fingerprint density at radius 1 is 1.15 bits per heavy atom. The highest BCUT2D eigenvalue weighted by atomic mass is 35.5. The molecule has 0 saturated carbocycles. The van der Waals surface area contributed by atoms with Crippen molar-refractivity contribution in [2.45, 2.75) is 32.2 Å². The molecule has 0 bridgehead atoms. The largest absolute Gasteiger partial charge is 0.493 e. The summed E-state index contributed by atoms with van der Waals surface area (Å²) in [5.74, 6) is 0.860. The number of ether oxygens (including phenoxy) is 2. The van der Waals surface area contributed by atoms with E-state index in [2.05, 4.69) is 4.98 Å². The van der Waals surface area contributed by atoms with Gasteiger partial charge in [-0.25, -0.2) is 4.98 Å². The highest BCUT2D eigenvalue weighted by Crippen LogP contribution is 2.36. The Morgan fingerprint density at radius 2 is 2.00 bits per heavy atom. The van der Waals surface area contributed by atoms with Gasteiger partial charge in [0.25, 0.3) is 0 Å². The molecule has 3 heterocycles. The Labute approximate surface area is 199 Å². The highest BCUT2D eigenvalue weighted by Gasteiger charge is 2.41. The summed E-state index contributed by atoms with van der Waals surface area (Å²) in [5, 5.41) is 0.603. The molecular formula is C24H31ClN4O4. The van der Waals surface area contributed by atoms with Gasteiger partial charge in [-0.1, -0.05) is 17.7 Å². The van der Waals surface area contributed by atoms with Gasteiger partial charge in [-0.3, -0.25) is 9.59 Å². The molecule has 2 saturated heterocycles. The number of halogens is 1. The van der Waals surface area contributed by atoms with E-state index in [0.29, 0.717) is 76.2 Å². The van der Waals surface area contributed by atoms with E-state index >= 15 is 0 Å². The van der Waals surface area contributed by atoms with Crippen molar-refractivity contribution in [3.8, 4) is 5.75 Å². The number of likely N-dealkylation sites (tertiary alicyclic amines) is 1. The van der Waals surface area contributed by atoms with Crippen LogP contribution in [0.3, 0.4) is 0 Å². The predicted molar refractivity (Wildman–Crippen MR) is 124 cm³/mol. The van der Waals surface area contributed by atoms with Crippen molar-refractivity contribution < 1.29 is 19.1 Å². The molecule has 8 nitrogen and oxygen atoms in total. The second-order valence-corrected chi connectivity index (χ2v) is 9.32. The average molecular weight is 475 g/mol. The molecule has 4 rings (SSSR count). The number of amides is 2. The van der Waals surface area contributed by atoms with Crippen molar-refractivity contribution in [3.63, 3.8) is 0 Å². The number of piperidine rings is 1. The minimum atomic E-state index is -0.444. The molecule has 1 aromatic carbocycles. The molecule has 0 unspecified atom stereocenters. The first kappa shape index (κ1) is 23.6. The molecule has 33 heavy (non-hydrogen) atoms. The Balaban J connectivity index is 1.45. The number of benzene rings is 1. The maximum atomic E-state index is 13.2. The quantitative estimate of drug-likeness (QED) is 0.588. The van der Waals surface area contributed by atoms with Crippen LogP contribution in [0.25, 0.3) is 0 Å². The zero-order valence-corrected chi connectivity index (χ0v) is 19.6. The number of aryl methyl sites for hydroxylation is 1. The maximum absolute atomic E-state index is 13.2. The number of nitrogens with zero attached hydrogens (tertiary/aromatic N) is 4. The number of carbonyl (C=O) groups excluding carboxylic acids is 2. The minimum Gasteiger partial charge on any atom is -0.493 e. The van der Waals surface area contributed by atoms with Crippen molar-refractivity contribution in [2.75, 3.05) is 46.0 Å². The number of hydrogen-bond acceptors (Lipinski definition) is 5. The molecule has 2 amide bonds. The first-order valence-electron chi connectivity index (χ1n) is 11.5. The minimum absolute atomic E-state index is 0.0920. The fourth-order valence-electron chi connectivity index (χ4n) is 4.57. The summed E-state index contributed by atoms with van der Waals surface area (Å²) >= 11 is 6.12. The van der Waals surface area contributed by atoms with Crippen LogP contribution >= 0.6 is 11.6 Å². The van der Waals surface area contributed by atoms with Gasteiger partial charge in [0.05, 0.1) is 26.1 Å². The summed E-state index contributed by atoms with van der Waals surface area (Å²) in [4.78, 5) is 34.0. The molecule has 2 aliphatic rings. The van der Waals surface area contributed by atoms with Crippen LogP contribution in [0.15, 0.2) is 43.0 Å². The third-order valence-corrected chi connectivity index (χ3v) is 6.62. The molecule has 2 aliphatic heterocycles. The third kappa shape index (κ3) is 6.48. The van der Waals surface area contributed by atoms with Crippen molar-refractivity contribution in [3.05, 3.63) is 48.0 Å². The van der Waals surface area contributed by atoms with Crippen LogP contribution in [0.1, 0.15) is 25.7 Å². The molecular weight excluding hydrogens is 444 g/mol. The summed E-state index contributed by atoms with van der Waals surface area (Å²) < 4.78 is 13.4. The molecule has 1 atom stereocenters. The van der Waals surface area contributed by atoms with E-state index in [0.717, 1.165) is 12.8 Å². The number of carbonyl (C=O) groups is 2. The number of aromatic nitrogens is 2. The van der Waals surface area contributed by atoms with E-state index < -0.39 is 5.41 Å². The number of imidazole rings is 1. The van der Waals surface area contributed by atoms with Gasteiger partial charge < -0.3 is 23.8 Å². The van der Waals surface area contributed by atoms with E-state index in [1.165, 1.54) is 0 Å². The summed E-state index contributed by atoms with van der Waals surface area (Å²) in [5.41, 5.74) is -0.444. The van der Waals surface area contributed by atoms with Crippen LogP contribution in [-0.2, 0) is 20.9 Å². The van der Waals surface area contributed by atoms with Crippen LogP contribution in [0.5, 0.6) is 5.75 Å². The SMILES string of the molecule is O=C(C[C@@]1(COc2cccc(Cl)c2)CCCN(C(=O)CCn2ccnc2)C1)N1CCOCC1. The fourth-order valence-corrected chi connectivity index (χ4v) is 4.75. The van der Waals surface area contributed by atoms with Crippen molar-refractivity contribution in [1.82, 2.24) is 19.4 Å². The molecule has 1 aromatic heterocycles. The summed E-state index contributed by atoms with van der Waals surface area (Å²) in [7, 11) is 0. The van der Waals surface area contributed by atoms with E-state index in [4.69, 9.17) is 21.1 Å². The van der Waals surface area contributed by atoms with Crippen molar-refractivity contribution in [1.29, 1.82) is 0 Å². The van der Waals surface area contributed by atoms with E-state index in [1.807, 2.05) is 32.7 Å². The van der Waals surface area contributed by atoms with Gasteiger partial charge in [0, 0.05) is 68.4 Å². The van der Waals surface area contributed by atoms with E-state index in [1.54, 1.807) is 24.7 Å². The first-order valence-corrected chi connectivity index (χ1v) is 11.9. The van der Waals surface area contributed by atoms with Gasteiger partial charge in [-0.05, 0) is 31.0 Å². The molecule has 0 spiro atoms. The van der Waals surface area contributed by atoms with E-state index in [-0.39, 0.29) is 11.8 Å². The third-order valence-electron chi connectivity index (χ3n) is 6.39. The Hall–Kier alpha value is -2.58. The summed E-state index contributed by atoms with van der Waals surface area (Å²) in [6, 6.07) is 7.28. The number of hydrogen-bond donors (Lipinski definition) is 0. The van der Waals surface area contributed by atoms with Crippen LogP contribution in [0, 0.1) is 5.41 Å². The van der Waals surface area contributed by atoms with Crippen LogP contribution < -0.4 is 4.74 Å².